The minimum absolute atomic E-state index is 0.0786. The van der Waals surface area contributed by atoms with E-state index in [9.17, 15) is 8.42 Å². The van der Waals surface area contributed by atoms with Gasteiger partial charge < -0.3 is 0 Å². The first kappa shape index (κ1) is 15.1. The first-order valence-corrected chi connectivity index (χ1v) is 8.23. The fourth-order valence-corrected chi connectivity index (χ4v) is 5.30. The van der Waals surface area contributed by atoms with Gasteiger partial charge in [0.2, 0.25) is 10.0 Å². The molecule has 1 unspecified atom stereocenters. The van der Waals surface area contributed by atoms with Crippen LogP contribution in [0, 0.1) is 39.0 Å². The number of nitrogens with zero attached hydrogens (tertiary/aromatic N) is 1. The van der Waals surface area contributed by atoms with Gasteiger partial charge in [0.05, 0.1) is 10.9 Å². The fourth-order valence-electron chi connectivity index (χ4n) is 3.05. The van der Waals surface area contributed by atoms with E-state index in [0.717, 1.165) is 16.7 Å². The number of aryl methyl sites for hydroxylation is 3. The molecule has 0 aliphatic carbocycles. The van der Waals surface area contributed by atoms with Gasteiger partial charge in [-0.2, -0.15) is 4.31 Å². The maximum Gasteiger partial charge on any atom is 0.245 e. The van der Waals surface area contributed by atoms with E-state index in [4.69, 9.17) is 6.42 Å². The maximum atomic E-state index is 12.9. The zero-order valence-electron chi connectivity index (χ0n) is 12.6. The van der Waals surface area contributed by atoms with Crippen molar-refractivity contribution in [1.82, 2.24) is 4.31 Å². The van der Waals surface area contributed by atoms with Gasteiger partial charge in [-0.1, -0.05) is 37.5 Å². The van der Waals surface area contributed by atoms with Crippen LogP contribution >= 0.6 is 0 Å². The molecule has 20 heavy (non-hydrogen) atoms. The van der Waals surface area contributed by atoms with Crippen LogP contribution in [0.5, 0.6) is 0 Å². The van der Waals surface area contributed by atoms with E-state index < -0.39 is 10.0 Å². The van der Waals surface area contributed by atoms with Crippen LogP contribution < -0.4 is 0 Å². The summed E-state index contributed by atoms with van der Waals surface area (Å²) in [6.07, 6.45) is 5.47. The second kappa shape index (κ2) is 4.91. The van der Waals surface area contributed by atoms with Gasteiger partial charge in [-0.3, -0.25) is 0 Å². The summed E-state index contributed by atoms with van der Waals surface area (Å²) in [6.45, 7) is 9.64. The molecule has 1 heterocycles. The van der Waals surface area contributed by atoms with Crippen molar-refractivity contribution >= 4 is 10.0 Å². The zero-order valence-corrected chi connectivity index (χ0v) is 13.5. The molecule has 108 valence electrons. The summed E-state index contributed by atoms with van der Waals surface area (Å²) < 4.78 is 27.2. The number of sulfonamides is 1. The third kappa shape index (κ3) is 2.25. The molecule has 1 saturated heterocycles. The van der Waals surface area contributed by atoms with Crippen molar-refractivity contribution in [3.8, 4) is 12.3 Å². The highest BCUT2D eigenvalue weighted by Crippen LogP contribution is 2.41. The van der Waals surface area contributed by atoms with Gasteiger partial charge in [0.1, 0.15) is 6.04 Å². The molecule has 0 radical (unpaired) electrons. The van der Waals surface area contributed by atoms with Gasteiger partial charge >= 0.3 is 0 Å². The highest BCUT2D eigenvalue weighted by Gasteiger charge is 2.56. The zero-order chi connectivity index (χ0) is 15.2. The number of rotatable bonds is 3. The molecule has 2 rings (SSSR count). The standard InChI is InChI=1S/C16H21NO2S/c1-7-14-15(10(2)3)17(14)20(18,19)16-12(5)8-11(4)9-13(16)6/h1,8-10,14-15H,2-6H3/t14-,15-,17?/m1/s1. The number of terminal acetylenes is 1. The van der Waals surface area contributed by atoms with Crippen LogP contribution in [-0.4, -0.2) is 24.8 Å². The fraction of sp³-hybridized carbons (Fsp3) is 0.500. The van der Waals surface area contributed by atoms with E-state index in [1.165, 1.54) is 4.31 Å². The minimum atomic E-state index is -3.51. The summed E-state index contributed by atoms with van der Waals surface area (Å²) in [6, 6.07) is 3.42. The molecule has 1 aromatic rings. The van der Waals surface area contributed by atoms with Crippen LogP contribution in [0.3, 0.4) is 0 Å². The third-order valence-electron chi connectivity index (χ3n) is 3.80. The maximum absolute atomic E-state index is 12.9. The topological polar surface area (TPSA) is 37.1 Å². The van der Waals surface area contributed by atoms with Crippen LogP contribution in [0.1, 0.15) is 30.5 Å². The Kier molecular flexibility index (Phi) is 3.70. The summed E-state index contributed by atoms with van der Waals surface area (Å²) in [5.74, 6) is 2.81. The Bertz CT molecular complexity index is 660. The van der Waals surface area contributed by atoms with Crippen molar-refractivity contribution in [2.45, 2.75) is 51.6 Å². The van der Waals surface area contributed by atoms with Gasteiger partial charge in [0, 0.05) is 0 Å². The van der Waals surface area contributed by atoms with Crippen LogP contribution in [0.4, 0.5) is 0 Å². The first-order chi connectivity index (χ1) is 9.21. The average Bonchev–Trinajstić information content (AvgIpc) is 3.01. The molecule has 1 aromatic carbocycles. The van der Waals surface area contributed by atoms with Crippen LogP contribution in [0.25, 0.3) is 0 Å². The first-order valence-electron chi connectivity index (χ1n) is 6.79. The molecular weight excluding hydrogens is 270 g/mol. The van der Waals surface area contributed by atoms with Crippen LogP contribution in [0.2, 0.25) is 0 Å². The van der Waals surface area contributed by atoms with Crippen LogP contribution in [-0.2, 0) is 10.0 Å². The molecule has 1 aliphatic rings. The lowest BCUT2D eigenvalue weighted by Crippen LogP contribution is -2.19. The molecule has 0 saturated carbocycles. The second-order valence-corrected chi connectivity index (χ2v) is 7.69. The monoisotopic (exact) mass is 291 g/mol. The highest BCUT2D eigenvalue weighted by atomic mass is 32.2. The summed E-state index contributed by atoms with van der Waals surface area (Å²) in [7, 11) is -3.51. The van der Waals surface area contributed by atoms with Crippen molar-refractivity contribution < 1.29 is 8.42 Å². The number of hydrogen-bond donors (Lipinski definition) is 0. The van der Waals surface area contributed by atoms with E-state index in [-0.39, 0.29) is 18.0 Å². The van der Waals surface area contributed by atoms with Gasteiger partial charge in [-0.15, -0.1) is 6.42 Å². The van der Waals surface area contributed by atoms with Gasteiger partial charge in [0.25, 0.3) is 0 Å². The van der Waals surface area contributed by atoms with Crippen LogP contribution in [0.15, 0.2) is 17.0 Å². The smallest absolute Gasteiger partial charge is 0.207 e. The molecule has 0 amide bonds. The summed E-state index contributed by atoms with van der Waals surface area (Å²) >= 11 is 0. The van der Waals surface area contributed by atoms with Crippen molar-refractivity contribution in [1.29, 1.82) is 0 Å². The van der Waals surface area contributed by atoms with Gasteiger partial charge in [-0.05, 0) is 37.8 Å². The molecular formula is C16H21NO2S. The molecule has 0 spiro atoms. The molecule has 3 atom stereocenters. The van der Waals surface area contributed by atoms with Crippen molar-refractivity contribution in [3.05, 3.63) is 28.8 Å². The van der Waals surface area contributed by atoms with Crippen molar-refractivity contribution in [3.63, 3.8) is 0 Å². The number of hydrogen-bond acceptors (Lipinski definition) is 2. The molecule has 3 nitrogen and oxygen atoms in total. The highest BCUT2D eigenvalue weighted by molar-refractivity contribution is 7.89. The number of benzene rings is 1. The molecule has 4 heteroatoms. The normalized spacial score (nSPS) is 25.6. The molecule has 0 bridgehead atoms. The van der Waals surface area contributed by atoms with Crippen molar-refractivity contribution in [2.75, 3.05) is 0 Å². The average molecular weight is 291 g/mol. The van der Waals surface area contributed by atoms with E-state index in [0.29, 0.717) is 4.90 Å². The van der Waals surface area contributed by atoms with Gasteiger partial charge in [-0.25, -0.2) is 8.42 Å². The van der Waals surface area contributed by atoms with E-state index in [1.807, 2.05) is 46.8 Å². The minimum Gasteiger partial charge on any atom is -0.207 e. The Morgan fingerprint density at radius 1 is 1.20 bits per heavy atom. The molecule has 0 N–H and O–H groups in total. The van der Waals surface area contributed by atoms with Gasteiger partial charge in [0.15, 0.2) is 0 Å². The quantitative estimate of drug-likeness (QED) is 0.634. The van der Waals surface area contributed by atoms with E-state index in [1.54, 1.807) is 0 Å². The summed E-state index contributed by atoms with van der Waals surface area (Å²) in [5, 5.41) is 0. The second-order valence-electron chi connectivity index (χ2n) is 5.91. The predicted molar refractivity (Wildman–Crippen MR) is 80.9 cm³/mol. The van der Waals surface area contributed by atoms with E-state index >= 15 is 0 Å². The lowest BCUT2D eigenvalue weighted by Gasteiger charge is -2.14. The predicted octanol–water partition coefficient (Wildman–Crippen LogP) is 2.64. The Morgan fingerprint density at radius 3 is 2.05 bits per heavy atom. The Hall–Kier alpha value is -1.31. The third-order valence-corrected chi connectivity index (χ3v) is 5.98. The Labute approximate surface area is 122 Å². The largest absolute Gasteiger partial charge is 0.245 e. The molecule has 0 aromatic heterocycles. The lowest BCUT2D eigenvalue weighted by molar-refractivity contribution is 0.517. The summed E-state index contributed by atoms with van der Waals surface area (Å²) in [4.78, 5) is 0.409. The SMILES string of the molecule is C#C[C@@H]1[C@@H](C(C)C)N1S(=O)(=O)c1c(C)cc(C)cc1C. The lowest BCUT2D eigenvalue weighted by atomic mass is 10.1. The Balaban J connectivity index is 2.51. The molecule has 1 fully saturated rings. The van der Waals surface area contributed by atoms with E-state index in [2.05, 4.69) is 5.92 Å². The molecule has 1 aliphatic heterocycles. The van der Waals surface area contributed by atoms with Crippen molar-refractivity contribution in [2.24, 2.45) is 5.92 Å². The summed E-state index contributed by atoms with van der Waals surface area (Å²) in [5.41, 5.74) is 2.64. The Morgan fingerprint density at radius 2 is 1.70 bits per heavy atom.